The van der Waals surface area contributed by atoms with Crippen LogP contribution in [0.4, 0.5) is 20.8 Å². The molecular weight excluding hydrogens is 303 g/mol. The van der Waals surface area contributed by atoms with Crippen LogP contribution in [0.25, 0.3) is 0 Å². The fourth-order valence-corrected chi connectivity index (χ4v) is 2.31. The molecule has 8 heteroatoms. The summed E-state index contributed by atoms with van der Waals surface area (Å²) in [6.07, 6.45) is 2.99. The highest BCUT2D eigenvalue weighted by molar-refractivity contribution is 6.04. The minimum Gasteiger partial charge on any atom is -0.444 e. The van der Waals surface area contributed by atoms with Gasteiger partial charge in [0.05, 0.1) is 17.8 Å². The van der Waals surface area contributed by atoms with Gasteiger partial charge in [0.15, 0.2) is 0 Å². The van der Waals surface area contributed by atoms with E-state index in [0.717, 1.165) is 6.07 Å². The van der Waals surface area contributed by atoms with Crippen molar-refractivity contribution >= 4 is 23.6 Å². The second kappa shape index (κ2) is 6.07. The van der Waals surface area contributed by atoms with E-state index < -0.39 is 17.8 Å². The number of ether oxygens (including phenoxy) is 1. The van der Waals surface area contributed by atoms with Gasteiger partial charge >= 0.3 is 6.09 Å². The standard InChI is InChI=1S/C15H15FN4O3/c1-2-10-8-20(15(22)23-10)9-3-4-11(12(16)7-9)13(21)19-14-17-5-6-18-14/h3-7,10H,2,8H2,1H3,(H2,17,18,19,21)/t10-/m0/s1. The summed E-state index contributed by atoms with van der Waals surface area (Å²) in [4.78, 5) is 31.7. The van der Waals surface area contributed by atoms with Crippen molar-refractivity contribution in [1.82, 2.24) is 9.97 Å². The predicted octanol–water partition coefficient (Wildman–Crippen LogP) is 2.54. The number of rotatable bonds is 4. The first-order valence-electron chi connectivity index (χ1n) is 7.17. The number of nitrogens with zero attached hydrogens (tertiary/aromatic N) is 2. The summed E-state index contributed by atoms with van der Waals surface area (Å²) >= 11 is 0. The molecule has 1 aromatic heterocycles. The van der Waals surface area contributed by atoms with Crippen LogP contribution in [0.3, 0.4) is 0 Å². The van der Waals surface area contributed by atoms with Crippen molar-refractivity contribution in [3.05, 3.63) is 42.0 Å². The first-order chi connectivity index (χ1) is 11.1. The van der Waals surface area contributed by atoms with Crippen molar-refractivity contribution in [2.75, 3.05) is 16.8 Å². The van der Waals surface area contributed by atoms with Crippen molar-refractivity contribution in [2.24, 2.45) is 0 Å². The largest absolute Gasteiger partial charge is 0.444 e. The van der Waals surface area contributed by atoms with E-state index in [9.17, 15) is 14.0 Å². The average Bonchev–Trinajstić information content (AvgIpc) is 3.16. The summed E-state index contributed by atoms with van der Waals surface area (Å²) in [5.41, 5.74) is 0.225. The van der Waals surface area contributed by atoms with Crippen LogP contribution < -0.4 is 10.2 Å². The lowest BCUT2D eigenvalue weighted by atomic mass is 10.1. The van der Waals surface area contributed by atoms with Gasteiger partial charge in [0.2, 0.25) is 5.95 Å². The van der Waals surface area contributed by atoms with Crippen molar-refractivity contribution < 1.29 is 18.7 Å². The third-order valence-corrected chi connectivity index (χ3v) is 3.57. The predicted molar refractivity (Wildman–Crippen MR) is 80.8 cm³/mol. The van der Waals surface area contributed by atoms with E-state index in [1.807, 2.05) is 6.92 Å². The van der Waals surface area contributed by atoms with E-state index in [-0.39, 0.29) is 17.6 Å². The molecule has 0 radical (unpaired) electrons. The highest BCUT2D eigenvalue weighted by atomic mass is 19.1. The Morgan fingerprint density at radius 1 is 1.57 bits per heavy atom. The van der Waals surface area contributed by atoms with Gasteiger partial charge in [-0.25, -0.2) is 14.2 Å². The zero-order chi connectivity index (χ0) is 16.4. The zero-order valence-corrected chi connectivity index (χ0v) is 12.4. The molecule has 7 nitrogen and oxygen atoms in total. The average molecular weight is 318 g/mol. The topological polar surface area (TPSA) is 87.3 Å². The molecule has 1 aliphatic heterocycles. The van der Waals surface area contributed by atoms with Crippen molar-refractivity contribution in [2.45, 2.75) is 19.4 Å². The van der Waals surface area contributed by atoms with Crippen LogP contribution in [0.5, 0.6) is 0 Å². The Kier molecular flexibility index (Phi) is 3.96. The van der Waals surface area contributed by atoms with Gasteiger partial charge in [-0.1, -0.05) is 6.92 Å². The quantitative estimate of drug-likeness (QED) is 0.907. The molecule has 0 saturated carbocycles. The molecule has 3 rings (SSSR count). The number of aromatic nitrogens is 2. The van der Waals surface area contributed by atoms with E-state index >= 15 is 0 Å². The number of aromatic amines is 1. The normalized spacial score (nSPS) is 17.2. The summed E-state index contributed by atoms with van der Waals surface area (Å²) in [6, 6.07) is 3.99. The Hall–Kier alpha value is -2.90. The lowest BCUT2D eigenvalue weighted by Crippen LogP contribution is -2.25. The molecule has 2 aromatic rings. The zero-order valence-electron chi connectivity index (χ0n) is 12.4. The van der Waals surface area contributed by atoms with Crippen LogP contribution in [0.2, 0.25) is 0 Å². The van der Waals surface area contributed by atoms with Gasteiger partial charge in [-0.15, -0.1) is 0 Å². The maximum absolute atomic E-state index is 14.2. The first-order valence-corrected chi connectivity index (χ1v) is 7.17. The number of nitrogens with one attached hydrogen (secondary N) is 2. The van der Waals surface area contributed by atoms with E-state index in [0.29, 0.717) is 18.7 Å². The fraction of sp³-hybridized carbons (Fsp3) is 0.267. The third kappa shape index (κ3) is 3.01. The van der Waals surface area contributed by atoms with Crippen LogP contribution in [0.15, 0.2) is 30.6 Å². The van der Waals surface area contributed by atoms with E-state index in [1.165, 1.54) is 29.4 Å². The first kappa shape index (κ1) is 15.0. The molecular formula is C15H15FN4O3. The molecule has 23 heavy (non-hydrogen) atoms. The number of imidazole rings is 1. The highest BCUT2D eigenvalue weighted by Crippen LogP contribution is 2.25. The number of cyclic esters (lactones) is 1. The Labute approximate surface area is 131 Å². The van der Waals surface area contributed by atoms with Crippen molar-refractivity contribution in [1.29, 1.82) is 0 Å². The molecule has 2 heterocycles. The molecule has 1 aromatic carbocycles. The maximum Gasteiger partial charge on any atom is 0.414 e. The van der Waals surface area contributed by atoms with Crippen molar-refractivity contribution in [3.63, 3.8) is 0 Å². The van der Waals surface area contributed by atoms with Crippen molar-refractivity contribution in [3.8, 4) is 0 Å². The number of hydrogen-bond acceptors (Lipinski definition) is 4. The lowest BCUT2D eigenvalue weighted by Gasteiger charge is -2.14. The molecule has 2 amide bonds. The number of anilines is 2. The van der Waals surface area contributed by atoms with Gasteiger partial charge < -0.3 is 9.72 Å². The Morgan fingerprint density at radius 3 is 3.00 bits per heavy atom. The second-order valence-electron chi connectivity index (χ2n) is 5.08. The summed E-state index contributed by atoms with van der Waals surface area (Å²) in [6.45, 7) is 2.27. The third-order valence-electron chi connectivity index (χ3n) is 3.57. The summed E-state index contributed by atoms with van der Waals surface area (Å²) in [7, 11) is 0. The smallest absolute Gasteiger partial charge is 0.414 e. The molecule has 1 atom stereocenters. The molecule has 0 spiro atoms. The van der Waals surface area contributed by atoms with Gasteiger partial charge in [0, 0.05) is 12.4 Å². The fourth-order valence-electron chi connectivity index (χ4n) is 2.31. The van der Waals surface area contributed by atoms with Gasteiger partial charge in [-0.2, -0.15) is 0 Å². The summed E-state index contributed by atoms with van der Waals surface area (Å²) in [5.74, 6) is -1.12. The maximum atomic E-state index is 14.2. The summed E-state index contributed by atoms with van der Waals surface area (Å²) < 4.78 is 19.4. The lowest BCUT2D eigenvalue weighted by molar-refractivity contribution is 0.102. The molecule has 1 fully saturated rings. The van der Waals surface area contributed by atoms with E-state index in [2.05, 4.69) is 15.3 Å². The molecule has 2 N–H and O–H groups in total. The van der Waals surface area contributed by atoms with Gasteiger partial charge in [-0.05, 0) is 24.6 Å². The van der Waals surface area contributed by atoms with Crippen LogP contribution in [0.1, 0.15) is 23.7 Å². The van der Waals surface area contributed by atoms with Crippen LogP contribution >= 0.6 is 0 Å². The van der Waals surface area contributed by atoms with Crippen LogP contribution in [-0.4, -0.2) is 34.6 Å². The molecule has 0 bridgehead atoms. The minimum atomic E-state index is -0.723. The number of hydrogen-bond donors (Lipinski definition) is 2. The molecule has 1 aliphatic rings. The van der Waals surface area contributed by atoms with Gasteiger partial charge in [0.1, 0.15) is 11.9 Å². The summed E-state index contributed by atoms with van der Waals surface area (Å²) in [5, 5.41) is 2.44. The number of amides is 2. The Balaban J connectivity index is 1.78. The minimum absolute atomic E-state index is 0.134. The van der Waals surface area contributed by atoms with Crippen LogP contribution in [-0.2, 0) is 4.74 Å². The van der Waals surface area contributed by atoms with Gasteiger partial charge in [-0.3, -0.25) is 15.0 Å². The van der Waals surface area contributed by atoms with E-state index in [1.54, 1.807) is 0 Å². The molecule has 0 aliphatic carbocycles. The number of carbonyl (C=O) groups is 2. The number of carbonyl (C=O) groups excluding carboxylic acids is 2. The second-order valence-corrected chi connectivity index (χ2v) is 5.08. The number of H-pyrrole nitrogens is 1. The van der Waals surface area contributed by atoms with E-state index in [4.69, 9.17) is 4.74 Å². The monoisotopic (exact) mass is 318 g/mol. The van der Waals surface area contributed by atoms with Crippen LogP contribution in [0, 0.1) is 5.82 Å². The highest BCUT2D eigenvalue weighted by Gasteiger charge is 2.31. The Morgan fingerprint density at radius 2 is 2.39 bits per heavy atom. The molecule has 0 unspecified atom stereocenters. The SMILES string of the molecule is CC[C@H]1CN(c2ccc(C(=O)Nc3ncc[nH]3)c(F)c2)C(=O)O1. The van der Waals surface area contributed by atoms with Gasteiger partial charge in [0.25, 0.3) is 5.91 Å². The molecule has 120 valence electrons. The Bertz CT molecular complexity index is 732. The number of halogens is 1. The molecule has 1 saturated heterocycles. The number of benzene rings is 1.